The molecule has 0 radical (unpaired) electrons. The van der Waals surface area contributed by atoms with Crippen LogP contribution in [0, 0.1) is 6.92 Å². The number of nitrogens with two attached hydrogens (primary N) is 1. The number of ether oxygens (including phenoxy) is 1. The Balaban J connectivity index is 2.58. The number of aryl methyl sites for hydroxylation is 2. The minimum absolute atomic E-state index is 0.544. The van der Waals surface area contributed by atoms with Crippen LogP contribution >= 0.6 is 0 Å². The molecule has 0 fully saturated rings. The highest BCUT2D eigenvalue weighted by Gasteiger charge is 2.11. The Hall–Kier alpha value is -2.04. The van der Waals surface area contributed by atoms with E-state index in [9.17, 15) is 0 Å². The molecule has 0 aromatic carbocycles. The molecule has 5 nitrogen and oxygen atoms in total. The van der Waals surface area contributed by atoms with Crippen molar-refractivity contribution in [1.82, 2.24) is 14.5 Å². The van der Waals surface area contributed by atoms with Gasteiger partial charge in [-0.05, 0) is 13.0 Å². The van der Waals surface area contributed by atoms with Crippen molar-refractivity contribution in [3.8, 4) is 11.7 Å². The Bertz CT molecular complexity index is 533. The molecular formula is C12H16N4O. The van der Waals surface area contributed by atoms with Crippen molar-refractivity contribution in [3.05, 3.63) is 29.8 Å². The van der Waals surface area contributed by atoms with E-state index in [1.807, 2.05) is 17.7 Å². The summed E-state index contributed by atoms with van der Waals surface area (Å²) < 4.78 is 7.02. The molecule has 0 saturated carbocycles. The minimum atomic E-state index is 0.544. The lowest BCUT2D eigenvalue weighted by Gasteiger charge is -2.09. The van der Waals surface area contributed by atoms with Crippen LogP contribution in [0.25, 0.3) is 5.82 Å². The van der Waals surface area contributed by atoms with Gasteiger partial charge in [0.1, 0.15) is 5.82 Å². The third-order valence-electron chi connectivity index (χ3n) is 2.53. The van der Waals surface area contributed by atoms with Crippen LogP contribution < -0.4 is 10.5 Å². The van der Waals surface area contributed by atoms with Crippen LogP contribution in [0.3, 0.4) is 0 Å². The van der Waals surface area contributed by atoms with E-state index in [4.69, 9.17) is 10.5 Å². The summed E-state index contributed by atoms with van der Waals surface area (Å²) in [4.78, 5) is 8.79. The number of methoxy groups -OCH3 is 1. The van der Waals surface area contributed by atoms with Gasteiger partial charge in [-0.1, -0.05) is 6.92 Å². The molecule has 2 aromatic heterocycles. The summed E-state index contributed by atoms with van der Waals surface area (Å²) in [5.74, 6) is 2.15. The predicted octanol–water partition coefficient (Wildman–Crippen LogP) is 1.73. The molecule has 0 aliphatic rings. The van der Waals surface area contributed by atoms with Gasteiger partial charge in [0.05, 0.1) is 18.5 Å². The van der Waals surface area contributed by atoms with E-state index in [0.29, 0.717) is 17.4 Å². The van der Waals surface area contributed by atoms with Crippen molar-refractivity contribution in [2.24, 2.45) is 0 Å². The Morgan fingerprint density at radius 2 is 2.12 bits per heavy atom. The van der Waals surface area contributed by atoms with E-state index in [1.165, 1.54) is 0 Å². The molecule has 90 valence electrons. The molecular weight excluding hydrogens is 216 g/mol. The second kappa shape index (κ2) is 4.45. The van der Waals surface area contributed by atoms with Gasteiger partial charge in [0.2, 0.25) is 5.88 Å². The number of nitrogen functional groups attached to an aromatic ring is 1. The number of rotatable bonds is 3. The summed E-state index contributed by atoms with van der Waals surface area (Å²) in [6.07, 6.45) is 2.75. The van der Waals surface area contributed by atoms with Crippen LogP contribution in [0.15, 0.2) is 18.3 Å². The van der Waals surface area contributed by atoms with Gasteiger partial charge < -0.3 is 10.5 Å². The number of imidazole rings is 1. The van der Waals surface area contributed by atoms with Gasteiger partial charge in [-0.15, -0.1) is 0 Å². The van der Waals surface area contributed by atoms with Gasteiger partial charge >= 0.3 is 0 Å². The lowest BCUT2D eigenvalue weighted by Crippen LogP contribution is -2.06. The van der Waals surface area contributed by atoms with E-state index in [1.54, 1.807) is 19.2 Å². The Morgan fingerprint density at radius 3 is 2.76 bits per heavy atom. The molecule has 0 amide bonds. The van der Waals surface area contributed by atoms with Crippen molar-refractivity contribution in [1.29, 1.82) is 0 Å². The van der Waals surface area contributed by atoms with E-state index in [0.717, 1.165) is 17.9 Å². The zero-order chi connectivity index (χ0) is 12.4. The fraction of sp³-hybridized carbons (Fsp3) is 0.333. The van der Waals surface area contributed by atoms with Crippen molar-refractivity contribution in [3.63, 3.8) is 0 Å². The molecule has 0 saturated heterocycles. The summed E-state index contributed by atoms with van der Waals surface area (Å²) >= 11 is 0. The second-order valence-corrected chi connectivity index (χ2v) is 3.79. The maximum absolute atomic E-state index is 5.94. The van der Waals surface area contributed by atoms with Crippen LogP contribution in [0.1, 0.15) is 18.4 Å². The maximum atomic E-state index is 5.94. The number of pyridine rings is 1. The summed E-state index contributed by atoms with van der Waals surface area (Å²) in [5, 5.41) is 0. The quantitative estimate of drug-likeness (QED) is 0.875. The number of hydrogen-bond acceptors (Lipinski definition) is 4. The largest absolute Gasteiger partial charge is 0.481 e. The van der Waals surface area contributed by atoms with Gasteiger partial charge in [0.15, 0.2) is 5.82 Å². The van der Waals surface area contributed by atoms with Crippen molar-refractivity contribution >= 4 is 5.69 Å². The highest BCUT2D eigenvalue weighted by atomic mass is 16.5. The van der Waals surface area contributed by atoms with Crippen molar-refractivity contribution in [2.45, 2.75) is 20.3 Å². The first-order valence-corrected chi connectivity index (χ1v) is 5.51. The molecule has 5 heteroatoms. The molecule has 0 aliphatic heterocycles. The first-order valence-electron chi connectivity index (χ1n) is 5.51. The molecule has 0 atom stereocenters. The van der Waals surface area contributed by atoms with E-state index in [-0.39, 0.29) is 0 Å². The smallest absolute Gasteiger partial charge is 0.215 e. The molecule has 2 aromatic rings. The molecule has 2 N–H and O–H groups in total. The zero-order valence-corrected chi connectivity index (χ0v) is 10.3. The molecule has 2 rings (SSSR count). The number of anilines is 1. The van der Waals surface area contributed by atoms with E-state index >= 15 is 0 Å². The first-order chi connectivity index (χ1) is 8.15. The summed E-state index contributed by atoms with van der Waals surface area (Å²) in [5.41, 5.74) is 7.50. The molecule has 0 unspecified atom stereocenters. The Kier molecular flexibility index (Phi) is 2.99. The van der Waals surface area contributed by atoms with Gasteiger partial charge in [-0.2, -0.15) is 4.98 Å². The van der Waals surface area contributed by atoms with Crippen LogP contribution in [0.2, 0.25) is 0 Å². The fourth-order valence-corrected chi connectivity index (χ4v) is 1.73. The molecule has 0 spiro atoms. The van der Waals surface area contributed by atoms with Crippen LogP contribution in [0.4, 0.5) is 5.69 Å². The fourth-order valence-electron chi connectivity index (χ4n) is 1.73. The standard InChI is InChI=1S/C12H16N4O/c1-4-10-14-8(2)7-16(10)12-9(13)5-6-11(15-12)17-3/h5-7H,4,13H2,1-3H3. The molecule has 17 heavy (non-hydrogen) atoms. The maximum Gasteiger partial charge on any atom is 0.215 e. The summed E-state index contributed by atoms with van der Waals surface area (Å²) in [6, 6.07) is 3.53. The minimum Gasteiger partial charge on any atom is -0.481 e. The van der Waals surface area contributed by atoms with E-state index < -0.39 is 0 Å². The Morgan fingerprint density at radius 1 is 1.35 bits per heavy atom. The zero-order valence-electron chi connectivity index (χ0n) is 10.3. The average molecular weight is 232 g/mol. The number of hydrogen-bond donors (Lipinski definition) is 1. The number of nitrogens with zero attached hydrogens (tertiary/aromatic N) is 3. The molecule has 2 heterocycles. The van der Waals surface area contributed by atoms with Crippen molar-refractivity contribution in [2.75, 3.05) is 12.8 Å². The van der Waals surface area contributed by atoms with Gasteiger partial charge in [-0.25, -0.2) is 4.98 Å². The Labute approximate surface area is 100 Å². The first kappa shape index (κ1) is 11.4. The van der Waals surface area contributed by atoms with E-state index in [2.05, 4.69) is 16.9 Å². The average Bonchev–Trinajstić information content (AvgIpc) is 2.71. The summed E-state index contributed by atoms with van der Waals surface area (Å²) in [7, 11) is 1.59. The normalized spacial score (nSPS) is 10.5. The number of aromatic nitrogens is 3. The highest BCUT2D eigenvalue weighted by Crippen LogP contribution is 2.21. The van der Waals surface area contributed by atoms with Gasteiger partial charge in [-0.3, -0.25) is 4.57 Å². The third-order valence-corrected chi connectivity index (χ3v) is 2.53. The second-order valence-electron chi connectivity index (χ2n) is 3.79. The van der Waals surface area contributed by atoms with Gasteiger partial charge in [0.25, 0.3) is 0 Å². The predicted molar refractivity (Wildman–Crippen MR) is 66.4 cm³/mol. The van der Waals surface area contributed by atoms with Crippen molar-refractivity contribution < 1.29 is 4.74 Å². The lowest BCUT2D eigenvalue weighted by atomic mass is 10.3. The SMILES string of the molecule is CCc1nc(C)cn1-c1nc(OC)ccc1N. The lowest BCUT2D eigenvalue weighted by molar-refractivity contribution is 0.397. The van der Waals surface area contributed by atoms with Crippen LogP contribution in [-0.4, -0.2) is 21.6 Å². The molecule has 0 bridgehead atoms. The third kappa shape index (κ3) is 2.08. The van der Waals surface area contributed by atoms with Crippen LogP contribution in [-0.2, 0) is 6.42 Å². The topological polar surface area (TPSA) is 66.0 Å². The summed E-state index contributed by atoms with van der Waals surface area (Å²) in [6.45, 7) is 4.00. The molecule has 0 aliphatic carbocycles. The van der Waals surface area contributed by atoms with Gasteiger partial charge in [0, 0.05) is 18.7 Å². The highest BCUT2D eigenvalue weighted by molar-refractivity contribution is 5.55. The van der Waals surface area contributed by atoms with Crippen LogP contribution in [0.5, 0.6) is 5.88 Å². The monoisotopic (exact) mass is 232 g/mol.